The number of halogens is 1. The normalized spacial score (nSPS) is 12.4. The van der Waals surface area contributed by atoms with E-state index in [-0.39, 0.29) is 10.8 Å². The van der Waals surface area contributed by atoms with E-state index in [0.717, 1.165) is 12.1 Å². The van der Waals surface area contributed by atoms with Crippen LogP contribution in [0.2, 0.25) is 0 Å². The number of methoxy groups -OCH3 is 1. The first-order chi connectivity index (χ1) is 7.06. The lowest BCUT2D eigenvalue weighted by molar-refractivity contribution is 0.0691. The molecule has 0 saturated carbocycles. The van der Waals surface area contributed by atoms with Gasteiger partial charge in [0.2, 0.25) is 0 Å². The molecule has 0 amide bonds. The maximum atomic E-state index is 13.0. The van der Waals surface area contributed by atoms with Crippen LogP contribution in [0.4, 0.5) is 4.39 Å². The van der Waals surface area contributed by atoms with Gasteiger partial charge in [-0.05, 0) is 18.2 Å². The Morgan fingerprint density at radius 3 is 2.80 bits per heavy atom. The summed E-state index contributed by atoms with van der Waals surface area (Å²) in [7, 11) is -0.0962. The number of rotatable bonds is 4. The van der Waals surface area contributed by atoms with Crippen LogP contribution in [0.1, 0.15) is 10.4 Å². The number of hydrogen-bond donors (Lipinski definition) is 1. The number of carboxylic acids is 1. The fraction of sp³-hybridized carbons (Fsp3) is 0.222. The maximum absolute atomic E-state index is 13.0. The third-order valence-corrected chi connectivity index (χ3v) is 2.89. The number of ether oxygens (including phenoxy) is 1. The van der Waals surface area contributed by atoms with E-state index in [1.165, 1.54) is 13.2 Å². The van der Waals surface area contributed by atoms with Crippen LogP contribution >= 0.6 is 0 Å². The summed E-state index contributed by atoms with van der Waals surface area (Å²) in [6.07, 6.45) is 0. The van der Waals surface area contributed by atoms with Crippen LogP contribution in [-0.2, 0) is 15.5 Å². The molecule has 0 bridgehead atoms. The fourth-order valence-corrected chi connectivity index (χ4v) is 1.80. The Labute approximate surface area is 88.1 Å². The van der Waals surface area contributed by atoms with Gasteiger partial charge >= 0.3 is 5.97 Å². The molecule has 6 heteroatoms. The second-order valence-electron chi connectivity index (χ2n) is 2.70. The van der Waals surface area contributed by atoms with Gasteiger partial charge in [-0.1, -0.05) is 0 Å². The van der Waals surface area contributed by atoms with Gasteiger partial charge in [0.1, 0.15) is 11.8 Å². The lowest BCUT2D eigenvalue weighted by atomic mass is 10.2. The monoisotopic (exact) mass is 232 g/mol. The molecule has 1 N–H and O–H groups in total. The smallest absolute Gasteiger partial charge is 0.338 e. The first-order valence-corrected chi connectivity index (χ1v) is 5.28. The van der Waals surface area contributed by atoms with Gasteiger partial charge in [0.25, 0.3) is 0 Å². The summed E-state index contributed by atoms with van der Waals surface area (Å²) >= 11 is 0. The minimum atomic E-state index is -1.47. The molecule has 0 saturated heterocycles. The molecule has 0 aliphatic rings. The van der Waals surface area contributed by atoms with Gasteiger partial charge in [-0.3, -0.25) is 4.21 Å². The minimum Gasteiger partial charge on any atom is -0.478 e. The molecule has 1 atom stereocenters. The number of hydrogen-bond acceptors (Lipinski definition) is 3. The fourth-order valence-electron chi connectivity index (χ4n) is 0.985. The van der Waals surface area contributed by atoms with Gasteiger partial charge < -0.3 is 9.84 Å². The average Bonchev–Trinajstić information content (AvgIpc) is 2.18. The summed E-state index contributed by atoms with van der Waals surface area (Å²) in [5.74, 6) is -2.28. The SMILES string of the molecule is COCS(=O)c1ccc(F)c(C(=O)O)c1. The molecular weight excluding hydrogens is 223 g/mol. The van der Waals surface area contributed by atoms with Crippen molar-refractivity contribution in [2.45, 2.75) is 4.90 Å². The van der Waals surface area contributed by atoms with Crippen molar-refractivity contribution in [1.82, 2.24) is 0 Å². The molecule has 15 heavy (non-hydrogen) atoms. The Morgan fingerprint density at radius 1 is 1.60 bits per heavy atom. The van der Waals surface area contributed by atoms with Crippen molar-refractivity contribution < 1.29 is 23.2 Å². The van der Waals surface area contributed by atoms with Crippen molar-refractivity contribution in [2.24, 2.45) is 0 Å². The highest BCUT2D eigenvalue weighted by atomic mass is 32.2. The van der Waals surface area contributed by atoms with Crippen LogP contribution < -0.4 is 0 Å². The Hall–Kier alpha value is -1.27. The summed E-state index contributed by atoms with van der Waals surface area (Å²) in [4.78, 5) is 10.8. The average molecular weight is 232 g/mol. The molecule has 0 spiro atoms. The standard InChI is InChI=1S/C9H9FO4S/c1-14-5-15(13)6-2-3-8(10)7(4-6)9(11)12/h2-4H,5H2,1H3,(H,11,12). The van der Waals surface area contributed by atoms with Crippen LogP contribution in [0.15, 0.2) is 23.1 Å². The Morgan fingerprint density at radius 2 is 2.27 bits per heavy atom. The topological polar surface area (TPSA) is 63.6 Å². The molecule has 82 valence electrons. The first-order valence-electron chi connectivity index (χ1n) is 3.96. The van der Waals surface area contributed by atoms with Crippen LogP contribution in [0.3, 0.4) is 0 Å². The molecule has 0 fully saturated rings. The molecule has 0 aromatic heterocycles. The van der Waals surface area contributed by atoms with Gasteiger partial charge in [-0.15, -0.1) is 0 Å². The third kappa shape index (κ3) is 2.84. The molecule has 0 heterocycles. The van der Waals surface area contributed by atoms with E-state index in [0.29, 0.717) is 0 Å². The third-order valence-electron chi connectivity index (χ3n) is 1.66. The minimum absolute atomic E-state index is 0.0509. The van der Waals surface area contributed by atoms with Gasteiger partial charge in [0.15, 0.2) is 0 Å². The Kier molecular flexibility index (Phi) is 3.93. The maximum Gasteiger partial charge on any atom is 0.338 e. The Balaban J connectivity index is 3.07. The van der Waals surface area contributed by atoms with Crippen molar-refractivity contribution in [1.29, 1.82) is 0 Å². The van der Waals surface area contributed by atoms with Crippen molar-refractivity contribution in [3.63, 3.8) is 0 Å². The zero-order valence-electron chi connectivity index (χ0n) is 7.90. The van der Waals surface area contributed by atoms with Crippen molar-refractivity contribution in [3.8, 4) is 0 Å². The second-order valence-corrected chi connectivity index (χ2v) is 4.10. The van der Waals surface area contributed by atoms with E-state index < -0.39 is 28.1 Å². The molecule has 0 aliphatic carbocycles. The zero-order valence-corrected chi connectivity index (χ0v) is 8.71. The summed E-state index contributed by atoms with van der Waals surface area (Å²) < 4.78 is 29.0. The first kappa shape index (κ1) is 11.8. The number of carboxylic acid groups (broad SMARTS) is 1. The van der Waals surface area contributed by atoms with Crippen LogP contribution in [0.25, 0.3) is 0 Å². The summed E-state index contributed by atoms with van der Waals surface area (Å²) in [6.45, 7) is 0. The van der Waals surface area contributed by atoms with Crippen molar-refractivity contribution >= 4 is 16.8 Å². The summed E-state index contributed by atoms with van der Waals surface area (Å²) in [5, 5.41) is 8.63. The summed E-state index contributed by atoms with van der Waals surface area (Å²) in [5.41, 5.74) is -0.489. The van der Waals surface area contributed by atoms with Gasteiger partial charge in [-0.25, -0.2) is 9.18 Å². The molecule has 1 rings (SSSR count). The lowest BCUT2D eigenvalue weighted by Crippen LogP contribution is -2.05. The van der Waals surface area contributed by atoms with E-state index >= 15 is 0 Å². The predicted octanol–water partition coefficient (Wildman–Crippen LogP) is 1.24. The quantitative estimate of drug-likeness (QED) is 0.848. The molecule has 0 radical (unpaired) electrons. The van der Waals surface area contributed by atoms with E-state index in [9.17, 15) is 13.4 Å². The van der Waals surface area contributed by atoms with Gasteiger partial charge in [-0.2, -0.15) is 0 Å². The van der Waals surface area contributed by atoms with Crippen LogP contribution in [0.5, 0.6) is 0 Å². The number of aromatic carboxylic acids is 1. The van der Waals surface area contributed by atoms with E-state index in [4.69, 9.17) is 5.11 Å². The zero-order chi connectivity index (χ0) is 11.4. The van der Waals surface area contributed by atoms with E-state index in [1.807, 2.05) is 0 Å². The molecule has 0 aliphatic heterocycles. The van der Waals surface area contributed by atoms with Crippen LogP contribution in [-0.4, -0.2) is 28.3 Å². The highest BCUT2D eigenvalue weighted by Crippen LogP contribution is 2.14. The number of benzene rings is 1. The highest BCUT2D eigenvalue weighted by molar-refractivity contribution is 7.84. The molecular formula is C9H9FO4S. The second kappa shape index (κ2) is 4.99. The van der Waals surface area contributed by atoms with E-state index in [2.05, 4.69) is 4.74 Å². The van der Waals surface area contributed by atoms with Crippen molar-refractivity contribution in [3.05, 3.63) is 29.6 Å². The van der Waals surface area contributed by atoms with E-state index in [1.54, 1.807) is 0 Å². The summed E-state index contributed by atoms with van der Waals surface area (Å²) in [6, 6.07) is 3.30. The highest BCUT2D eigenvalue weighted by Gasteiger charge is 2.13. The molecule has 1 unspecified atom stereocenters. The molecule has 1 aromatic carbocycles. The Bertz CT molecular complexity index is 405. The van der Waals surface area contributed by atoms with Gasteiger partial charge in [0.05, 0.1) is 16.4 Å². The van der Waals surface area contributed by atoms with Crippen LogP contribution in [0, 0.1) is 5.82 Å². The molecule has 4 nitrogen and oxygen atoms in total. The largest absolute Gasteiger partial charge is 0.478 e. The lowest BCUT2D eigenvalue weighted by Gasteiger charge is -2.03. The number of carbonyl (C=O) groups is 1. The van der Waals surface area contributed by atoms with Gasteiger partial charge in [0, 0.05) is 12.0 Å². The predicted molar refractivity (Wildman–Crippen MR) is 51.6 cm³/mol. The molecule has 1 aromatic rings. The van der Waals surface area contributed by atoms with Crippen molar-refractivity contribution in [2.75, 3.05) is 13.0 Å².